The van der Waals surface area contributed by atoms with Gasteiger partial charge in [-0.25, -0.2) is 13.2 Å². The summed E-state index contributed by atoms with van der Waals surface area (Å²) in [4.78, 5) is 10.8. The largest absolute Gasteiger partial charge is 0.475 e. The van der Waals surface area contributed by atoms with Crippen LogP contribution in [0.15, 0.2) is 15.4 Å². The second kappa shape index (κ2) is 5.21. The Labute approximate surface area is 118 Å². The lowest BCUT2D eigenvalue weighted by Gasteiger charge is -2.25. The lowest BCUT2D eigenvalue weighted by molar-refractivity contribution is 0.0661. The van der Waals surface area contributed by atoms with Crippen molar-refractivity contribution >= 4 is 16.0 Å². The first-order chi connectivity index (χ1) is 9.23. The Bertz CT molecular complexity index is 613. The molecule has 1 heterocycles. The van der Waals surface area contributed by atoms with Crippen LogP contribution in [0, 0.1) is 12.8 Å². The molecule has 0 aromatic carbocycles. The first kappa shape index (κ1) is 15.1. The molecule has 6 nitrogen and oxygen atoms in total. The van der Waals surface area contributed by atoms with Gasteiger partial charge in [-0.3, -0.25) is 0 Å². The summed E-state index contributed by atoms with van der Waals surface area (Å²) in [6.45, 7) is 5.57. The van der Waals surface area contributed by atoms with Gasteiger partial charge in [0.25, 0.3) is 0 Å². The van der Waals surface area contributed by atoms with E-state index in [-0.39, 0.29) is 22.5 Å². The quantitative estimate of drug-likeness (QED) is 0.869. The van der Waals surface area contributed by atoms with Crippen LogP contribution in [-0.2, 0) is 10.0 Å². The molecule has 20 heavy (non-hydrogen) atoms. The van der Waals surface area contributed by atoms with Gasteiger partial charge < -0.3 is 9.52 Å². The molecule has 2 rings (SSSR count). The van der Waals surface area contributed by atoms with Gasteiger partial charge in [-0.1, -0.05) is 0 Å². The number of rotatable bonds is 6. The molecule has 1 aliphatic carbocycles. The molecule has 1 aromatic rings. The molecule has 0 spiro atoms. The fourth-order valence-electron chi connectivity index (χ4n) is 2.09. The predicted octanol–water partition coefficient (Wildman–Crippen LogP) is 2.10. The summed E-state index contributed by atoms with van der Waals surface area (Å²) >= 11 is 0. The molecule has 1 aromatic heterocycles. The molecular weight excluding hydrogens is 282 g/mol. The van der Waals surface area contributed by atoms with Crippen molar-refractivity contribution in [2.45, 2.75) is 44.6 Å². The van der Waals surface area contributed by atoms with Gasteiger partial charge in [0.05, 0.1) is 0 Å². The lowest BCUT2D eigenvalue weighted by Crippen LogP contribution is -2.38. The zero-order chi connectivity index (χ0) is 15.1. The van der Waals surface area contributed by atoms with Gasteiger partial charge in [0, 0.05) is 18.7 Å². The zero-order valence-corrected chi connectivity index (χ0v) is 12.6. The molecule has 0 atom stereocenters. The van der Waals surface area contributed by atoms with Gasteiger partial charge in [-0.05, 0) is 39.5 Å². The molecule has 0 radical (unpaired) electrons. The smallest absolute Gasteiger partial charge is 0.371 e. The average molecular weight is 301 g/mol. The first-order valence-corrected chi connectivity index (χ1v) is 8.03. The molecule has 1 fully saturated rings. The molecule has 1 saturated carbocycles. The van der Waals surface area contributed by atoms with Crippen molar-refractivity contribution in [1.29, 1.82) is 0 Å². The Hall–Kier alpha value is -1.34. The number of furan rings is 1. The molecule has 0 unspecified atom stereocenters. The third kappa shape index (κ3) is 2.88. The van der Waals surface area contributed by atoms with Crippen molar-refractivity contribution in [1.82, 2.24) is 4.31 Å². The number of carbonyl (C=O) groups is 1. The van der Waals surface area contributed by atoms with Crippen molar-refractivity contribution < 1.29 is 22.7 Å². The van der Waals surface area contributed by atoms with Crippen molar-refractivity contribution in [2.24, 2.45) is 5.92 Å². The minimum atomic E-state index is -3.72. The highest BCUT2D eigenvalue weighted by Gasteiger charge is 2.35. The Morgan fingerprint density at radius 1 is 1.50 bits per heavy atom. The van der Waals surface area contributed by atoms with E-state index in [1.807, 2.05) is 13.8 Å². The summed E-state index contributed by atoms with van der Waals surface area (Å²) < 4.78 is 31.8. The number of carboxylic acid groups (broad SMARTS) is 1. The van der Waals surface area contributed by atoms with E-state index in [4.69, 9.17) is 9.52 Å². The number of nitrogens with zero attached hydrogens (tertiary/aromatic N) is 1. The molecule has 0 saturated heterocycles. The van der Waals surface area contributed by atoms with Gasteiger partial charge >= 0.3 is 5.97 Å². The van der Waals surface area contributed by atoms with Gasteiger partial charge in [-0.15, -0.1) is 0 Å². The summed E-state index contributed by atoms with van der Waals surface area (Å²) in [6.07, 6.45) is 2.09. The molecule has 1 aliphatic rings. The van der Waals surface area contributed by atoms with E-state index in [2.05, 4.69) is 0 Å². The second-order valence-corrected chi connectivity index (χ2v) is 7.31. The van der Waals surface area contributed by atoms with Crippen molar-refractivity contribution in [2.75, 3.05) is 6.54 Å². The van der Waals surface area contributed by atoms with Crippen LogP contribution in [0.25, 0.3) is 0 Å². The highest BCUT2D eigenvalue weighted by molar-refractivity contribution is 7.89. The SMILES string of the molecule is Cc1oc(C(=O)O)cc1S(=O)(=O)N(CC1CC1)C(C)C. The van der Waals surface area contributed by atoms with Crippen molar-refractivity contribution in [3.05, 3.63) is 17.6 Å². The van der Waals surface area contributed by atoms with Crippen LogP contribution in [0.5, 0.6) is 0 Å². The van der Waals surface area contributed by atoms with Crippen LogP contribution in [0.4, 0.5) is 0 Å². The van der Waals surface area contributed by atoms with Crippen molar-refractivity contribution in [3.8, 4) is 0 Å². The topological polar surface area (TPSA) is 87.8 Å². The summed E-state index contributed by atoms with van der Waals surface area (Å²) in [5.41, 5.74) is 0. The number of hydrogen-bond acceptors (Lipinski definition) is 4. The molecule has 7 heteroatoms. The monoisotopic (exact) mass is 301 g/mol. The normalized spacial score (nSPS) is 16.1. The van der Waals surface area contributed by atoms with Gasteiger partial charge in [-0.2, -0.15) is 4.31 Å². The summed E-state index contributed by atoms with van der Waals surface area (Å²) in [7, 11) is -3.72. The lowest BCUT2D eigenvalue weighted by atomic mass is 10.3. The first-order valence-electron chi connectivity index (χ1n) is 6.59. The molecule has 0 amide bonds. The van der Waals surface area contributed by atoms with E-state index in [0.29, 0.717) is 12.5 Å². The van der Waals surface area contributed by atoms with Crippen LogP contribution in [0.2, 0.25) is 0 Å². The number of hydrogen-bond donors (Lipinski definition) is 1. The number of sulfonamides is 1. The number of carboxylic acids is 1. The molecule has 1 N–H and O–H groups in total. The maximum Gasteiger partial charge on any atom is 0.371 e. The van der Waals surface area contributed by atoms with Gasteiger partial charge in [0.2, 0.25) is 15.8 Å². The molecular formula is C13H19NO5S. The van der Waals surface area contributed by atoms with Crippen molar-refractivity contribution in [3.63, 3.8) is 0 Å². The van der Waals surface area contributed by atoms with Crippen LogP contribution < -0.4 is 0 Å². The zero-order valence-electron chi connectivity index (χ0n) is 11.8. The standard InChI is InChI=1S/C13H19NO5S/c1-8(2)14(7-10-4-5-10)20(17,18)12-6-11(13(15)16)19-9(12)3/h6,8,10H,4-5,7H2,1-3H3,(H,15,16). The van der Waals surface area contributed by atoms with E-state index in [0.717, 1.165) is 18.9 Å². The van der Waals surface area contributed by atoms with E-state index < -0.39 is 16.0 Å². The minimum absolute atomic E-state index is 0.0516. The maximum atomic E-state index is 12.7. The van der Waals surface area contributed by atoms with Crippen LogP contribution >= 0.6 is 0 Å². The Morgan fingerprint density at radius 2 is 2.10 bits per heavy atom. The molecule has 0 aliphatic heterocycles. The number of aromatic carboxylic acids is 1. The highest BCUT2D eigenvalue weighted by Crippen LogP contribution is 2.33. The van der Waals surface area contributed by atoms with Gasteiger partial charge in [0.1, 0.15) is 10.7 Å². The fraction of sp³-hybridized carbons (Fsp3) is 0.615. The Morgan fingerprint density at radius 3 is 2.50 bits per heavy atom. The second-order valence-electron chi connectivity index (χ2n) is 5.45. The van der Waals surface area contributed by atoms with Gasteiger partial charge in [0.15, 0.2) is 0 Å². The predicted molar refractivity (Wildman–Crippen MR) is 72.2 cm³/mol. The maximum absolute atomic E-state index is 12.7. The van der Waals surface area contributed by atoms with Crippen LogP contribution in [0.3, 0.4) is 0 Å². The fourth-order valence-corrected chi connectivity index (χ4v) is 3.97. The summed E-state index contributed by atoms with van der Waals surface area (Å²) in [5, 5.41) is 8.89. The third-order valence-corrected chi connectivity index (χ3v) is 5.53. The molecule has 112 valence electrons. The van der Waals surface area contributed by atoms with Crippen LogP contribution in [-0.4, -0.2) is 36.4 Å². The highest BCUT2D eigenvalue weighted by atomic mass is 32.2. The summed E-state index contributed by atoms with van der Waals surface area (Å²) in [6, 6.07) is 0.915. The Kier molecular flexibility index (Phi) is 3.93. The summed E-state index contributed by atoms with van der Waals surface area (Å²) in [5.74, 6) is -1.09. The average Bonchev–Trinajstić information content (AvgIpc) is 3.06. The Balaban J connectivity index is 2.38. The van der Waals surface area contributed by atoms with E-state index in [1.165, 1.54) is 11.2 Å². The molecule has 0 bridgehead atoms. The van der Waals surface area contributed by atoms with Crippen LogP contribution in [0.1, 0.15) is 43.0 Å². The van der Waals surface area contributed by atoms with E-state index >= 15 is 0 Å². The minimum Gasteiger partial charge on any atom is -0.475 e. The third-order valence-electron chi connectivity index (χ3n) is 3.38. The van der Waals surface area contributed by atoms with E-state index in [9.17, 15) is 13.2 Å². The number of aryl methyl sites for hydroxylation is 1. The van der Waals surface area contributed by atoms with E-state index in [1.54, 1.807) is 0 Å².